The van der Waals surface area contributed by atoms with E-state index in [4.69, 9.17) is 5.73 Å². The maximum atomic E-state index is 11.3. The molecule has 0 amide bonds. The minimum atomic E-state index is -0.385. The van der Waals surface area contributed by atoms with Crippen molar-refractivity contribution in [2.45, 2.75) is 26.3 Å². The molecule has 0 aliphatic rings. The SMILES string of the molecule is CCc1c(O)nc(C(C)N)[nH]c1=O. The maximum absolute atomic E-state index is 11.3. The minimum Gasteiger partial charge on any atom is -0.493 e. The normalized spacial score (nSPS) is 12.8. The van der Waals surface area contributed by atoms with Crippen molar-refractivity contribution in [3.8, 4) is 5.88 Å². The molecule has 13 heavy (non-hydrogen) atoms. The fraction of sp³-hybridized carbons (Fsp3) is 0.500. The van der Waals surface area contributed by atoms with Crippen molar-refractivity contribution in [3.05, 3.63) is 21.7 Å². The predicted octanol–water partition coefficient (Wildman–Crippen LogP) is 0.0576. The number of nitrogens with two attached hydrogens (primary N) is 1. The van der Waals surface area contributed by atoms with Crippen LogP contribution in [0.25, 0.3) is 0 Å². The number of rotatable bonds is 2. The van der Waals surface area contributed by atoms with Crippen molar-refractivity contribution >= 4 is 0 Å². The van der Waals surface area contributed by atoms with Crippen LogP contribution >= 0.6 is 0 Å². The van der Waals surface area contributed by atoms with Gasteiger partial charge in [-0.05, 0) is 13.3 Å². The highest BCUT2D eigenvalue weighted by molar-refractivity contribution is 5.22. The van der Waals surface area contributed by atoms with E-state index in [1.54, 1.807) is 13.8 Å². The van der Waals surface area contributed by atoms with Gasteiger partial charge in [-0.3, -0.25) is 4.79 Å². The Bertz CT molecular complexity index is 357. The zero-order valence-corrected chi connectivity index (χ0v) is 7.66. The fourth-order valence-electron chi connectivity index (χ4n) is 1.04. The van der Waals surface area contributed by atoms with Crippen LogP contribution < -0.4 is 11.3 Å². The first-order valence-corrected chi connectivity index (χ1v) is 4.13. The molecule has 72 valence electrons. The van der Waals surface area contributed by atoms with Crippen molar-refractivity contribution in [1.82, 2.24) is 9.97 Å². The summed E-state index contributed by atoms with van der Waals surface area (Å²) in [5, 5.41) is 9.33. The van der Waals surface area contributed by atoms with Gasteiger partial charge in [0.05, 0.1) is 11.6 Å². The summed E-state index contributed by atoms with van der Waals surface area (Å²) in [7, 11) is 0. The predicted molar refractivity (Wildman–Crippen MR) is 48.5 cm³/mol. The zero-order chi connectivity index (χ0) is 10.0. The first-order valence-electron chi connectivity index (χ1n) is 4.13. The van der Waals surface area contributed by atoms with E-state index in [0.29, 0.717) is 17.8 Å². The molecule has 1 aromatic heterocycles. The molecule has 0 aliphatic heterocycles. The van der Waals surface area contributed by atoms with E-state index in [2.05, 4.69) is 9.97 Å². The summed E-state index contributed by atoms with van der Waals surface area (Å²) in [6.45, 7) is 3.46. The Morgan fingerprint density at radius 2 is 2.31 bits per heavy atom. The molecule has 0 bridgehead atoms. The standard InChI is InChI=1S/C8H13N3O2/c1-3-5-7(12)10-6(4(2)9)11-8(5)13/h4H,3,9H2,1-2H3,(H2,10,11,12,13). The second kappa shape index (κ2) is 3.57. The molecule has 0 aromatic carbocycles. The number of nitrogens with zero attached hydrogens (tertiary/aromatic N) is 1. The Hall–Kier alpha value is -1.36. The van der Waals surface area contributed by atoms with Crippen LogP contribution in [-0.4, -0.2) is 15.1 Å². The van der Waals surface area contributed by atoms with Crippen LogP contribution in [0.3, 0.4) is 0 Å². The summed E-state index contributed by atoms with van der Waals surface area (Å²) < 4.78 is 0. The van der Waals surface area contributed by atoms with Crippen molar-refractivity contribution in [1.29, 1.82) is 0 Å². The fourth-order valence-corrected chi connectivity index (χ4v) is 1.04. The molecule has 1 rings (SSSR count). The number of aromatic hydroxyl groups is 1. The molecule has 0 radical (unpaired) electrons. The van der Waals surface area contributed by atoms with E-state index >= 15 is 0 Å². The van der Waals surface area contributed by atoms with Crippen molar-refractivity contribution in [3.63, 3.8) is 0 Å². The average molecular weight is 183 g/mol. The third-order valence-electron chi connectivity index (χ3n) is 1.80. The maximum Gasteiger partial charge on any atom is 0.257 e. The third kappa shape index (κ3) is 1.86. The van der Waals surface area contributed by atoms with Gasteiger partial charge in [-0.2, -0.15) is 4.98 Å². The Morgan fingerprint density at radius 3 is 2.69 bits per heavy atom. The van der Waals surface area contributed by atoms with Crippen LogP contribution in [0.5, 0.6) is 5.88 Å². The highest BCUT2D eigenvalue weighted by atomic mass is 16.3. The number of hydrogen-bond donors (Lipinski definition) is 3. The number of aromatic nitrogens is 2. The van der Waals surface area contributed by atoms with Crippen LogP contribution in [0.2, 0.25) is 0 Å². The molecule has 0 saturated heterocycles. The molecule has 0 aliphatic carbocycles. The zero-order valence-electron chi connectivity index (χ0n) is 7.66. The number of H-pyrrole nitrogens is 1. The second-order valence-corrected chi connectivity index (χ2v) is 2.90. The molecule has 0 saturated carbocycles. The molecular formula is C8H13N3O2. The summed E-state index contributed by atoms with van der Waals surface area (Å²) in [6, 6.07) is -0.385. The van der Waals surface area contributed by atoms with Gasteiger partial charge in [0.1, 0.15) is 5.82 Å². The lowest BCUT2D eigenvalue weighted by Gasteiger charge is -2.06. The van der Waals surface area contributed by atoms with Gasteiger partial charge < -0.3 is 15.8 Å². The molecular weight excluding hydrogens is 170 g/mol. The first-order chi connectivity index (χ1) is 6.06. The molecule has 0 fully saturated rings. The van der Waals surface area contributed by atoms with E-state index in [0.717, 1.165) is 0 Å². The van der Waals surface area contributed by atoms with Gasteiger partial charge in [0.2, 0.25) is 5.88 Å². The highest BCUT2D eigenvalue weighted by Gasteiger charge is 2.10. The van der Waals surface area contributed by atoms with Gasteiger partial charge in [0.15, 0.2) is 0 Å². The van der Waals surface area contributed by atoms with Gasteiger partial charge in [0, 0.05) is 0 Å². The van der Waals surface area contributed by atoms with Crippen LogP contribution in [-0.2, 0) is 6.42 Å². The van der Waals surface area contributed by atoms with E-state index in [1.165, 1.54) is 0 Å². The molecule has 1 heterocycles. The van der Waals surface area contributed by atoms with Crippen LogP contribution in [0, 0.1) is 0 Å². The lowest BCUT2D eigenvalue weighted by molar-refractivity contribution is 0.437. The minimum absolute atomic E-state index is 0.224. The van der Waals surface area contributed by atoms with Crippen molar-refractivity contribution in [2.24, 2.45) is 5.73 Å². The highest BCUT2D eigenvalue weighted by Crippen LogP contribution is 2.11. The van der Waals surface area contributed by atoms with Crippen LogP contribution in [0.4, 0.5) is 0 Å². The van der Waals surface area contributed by atoms with Crippen LogP contribution in [0.1, 0.15) is 31.3 Å². The lowest BCUT2D eigenvalue weighted by Crippen LogP contribution is -2.20. The molecule has 5 heteroatoms. The Kier molecular flexibility index (Phi) is 2.67. The number of hydrogen-bond acceptors (Lipinski definition) is 4. The molecule has 0 spiro atoms. The van der Waals surface area contributed by atoms with Gasteiger partial charge in [-0.1, -0.05) is 6.92 Å². The molecule has 4 N–H and O–H groups in total. The van der Waals surface area contributed by atoms with Gasteiger partial charge in [-0.25, -0.2) is 0 Å². The quantitative estimate of drug-likeness (QED) is 0.604. The summed E-state index contributed by atoms with van der Waals surface area (Å²) >= 11 is 0. The van der Waals surface area contributed by atoms with E-state index in [-0.39, 0.29) is 17.5 Å². The molecule has 1 aromatic rings. The average Bonchev–Trinajstić information content (AvgIpc) is 2.03. The Labute approximate surface area is 75.6 Å². The van der Waals surface area contributed by atoms with E-state index in [9.17, 15) is 9.90 Å². The van der Waals surface area contributed by atoms with Crippen molar-refractivity contribution in [2.75, 3.05) is 0 Å². The Morgan fingerprint density at radius 1 is 1.69 bits per heavy atom. The summed E-state index contributed by atoms with van der Waals surface area (Å²) in [5.74, 6) is 0.0817. The summed E-state index contributed by atoms with van der Waals surface area (Å²) in [4.78, 5) is 17.6. The topological polar surface area (TPSA) is 92.0 Å². The van der Waals surface area contributed by atoms with E-state index < -0.39 is 0 Å². The van der Waals surface area contributed by atoms with Gasteiger partial charge in [-0.15, -0.1) is 0 Å². The molecule has 1 unspecified atom stereocenters. The number of aromatic amines is 1. The largest absolute Gasteiger partial charge is 0.493 e. The van der Waals surface area contributed by atoms with Crippen molar-refractivity contribution < 1.29 is 5.11 Å². The third-order valence-corrected chi connectivity index (χ3v) is 1.80. The number of nitrogens with one attached hydrogen (secondary N) is 1. The van der Waals surface area contributed by atoms with Gasteiger partial charge in [0.25, 0.3) is 5.56 Å². The summed E-state index contributed by atoms with van der Waals surface area (Å²) in [5.41, 5.74) is 5.48. The smallest absolute Gasteiger partial charge is 0.257 e. The lowest BCUT2D eigenvalue weighted by atomic mass is 10.2. The van der Waals surface area contributed by atoms with Crippen LogP contribution in [0.15, 0.2) is 4.79 Å². The first kappa shape index (κ1) is 9.73. The Balaban J connectivity index is 3.29. The van der Waals surface area contributed by atoms with E-state index in [1.807, 2.05) is 0 Å². The second-order valence-electron chi connectivity index (χ2n) is 2.90. The van der Waals surface area contributed by atoms with Gasteiger partial charge >= 0.3 is 0 Å². The summed E-state index contributed by atoms with van der Waals surface area (Å²) in [6.07, 6.45) is 0.452. The molecule has 5 nitrogen and oxygen atoms in total. The monoisotopic (exact) mass is 183 g/mol. The molecule has 1 atom stereocenters.